The number of hydrogen-bond donors (Lipinski definition) is 2. The molecular weight excluding hydrogens is 365 g/mol. The van der Waals surface area contributed by atoms with Gasteiger partial charge >= 0.3 is 0 Å². The summed E-state index contributed by atoms with van der Waals surface area (Å²) in [5.74, 6) is 0.411. The molecule has 108 valence electrons. The second kappa shape index (κ2) is 7.28. The zero-order valence-corrected chi connectivity index (χ0v) is 14.3. The average Bonchev–Trinajstić information content (AvgIpc) is 2.71. The monoisotopic (exact) mass is 385 g/mol. The van der Waals surface area contributed by atoms with Crippen molar-refractivity contribution in [2.24, 2.45) is 17.8 Å². The standard InChI is InChI=1S/C14H19N5.HI/c1-10-4-11(2)6-13(5-10)18-14(15)16-7-12-8-17-19(3)9-12;/h4-6,8-9H,7H2,1-3H3,(H3,15,16,18);1H. The lowest BCUT2D eigenvalue weighted by molar-refractivity contribution is 0.767. The number of aryl methyl sites for hydroxylation is 3. The normalized spacial score (nSPS) is 11.1. The minimum Gasteiger partial charge on any atom is -0.370 e. The topological polar surface area (TPSA) is 68.2 Å². The van der Waals surface area contributed by atoms with Crippen molar-refractivity contribution in [1.29, 1.82) is 0 Å². The van der Waals surface area contributed by atoms with Crippen molar-refractivity contribution in [2.45, 2.75) is 20.4 Å². The second-order valence-electron chi connectivity index (χ2n) is 4.73. The van der Waals surface area contributed by atoms with E-state index in [0.717, 1.165) is 11.3 Å². The Labute approximate surface area is 136 Å². The summed E-state index contributed by atoms with van der Waals surface area (Å²) in [6.45, 7) is 4.64. The van der Waals surface area contributed by atoms with Gasteiger partial charge in [0.2, 0.25) is 0 Å². The van der Waals surface area contributed by atoms with Gasteiger partial charge in [-0.3, -0.25) is 4.68 Å². The van der Waals surface area contributed by atoms with Crippen molar-refractivity contribution in [3.8, 4) is 0 Å². The molecule has 0 saturated heterocycles. The maximum atomic E-state index is 5.87. The Hall–Kier alpha value is -1.57. The van der Waals surface area contributed by atoms with Crippen LogP contribution < -0.4 is 11.1 Å². The van der Waals surface area contributed by atoms with Crippen molar-refractivity contribution in [1.82, 2.24) is 9.78 Å². The van der Waals surface area contributed by atoms with Crippen LogP contribution >= 0.6 is 24.0 Å². The van der Waals surface area contributed by atoms with E-state index >= 15 is 0 Å². The maximum absolute atomic E-state index is 5.87. The van der Waals surface area contributed by atoms with E-state index in [9.17, 15) is 0 Å². The predicted octanol–water partition coefficient (Wildman–Crippen LogP) is 2.58. The van der Waals surface area contributed by atoms with E-state index in [4.69, 9.17) is 5.73 Å². The van der Waals surface area contributed by atoms with Crippen LogP contribution in [0.1, 0.15) is 16.7 Å². The molecule has 0 unspecified atom stereocenters. The molecule has 6 heteroatoms. The molecule has 2 rings (SSSR count). The summed E-state index contributed by atoms with van der Waals surface area (Å²) >= 11 is 0. The van der Waals surface area contributed by atoms with E-state index in [1.807, 2.05) is 25.4 Å². The molecule has 0 bridgehead atoms. The Morgan fingerprint density at radius 3 is 2.50 bits per heavy atom. The van der Waals surface area contributed by atoms with Crippen LogP contribution in [0, 0.1) is 13.8 Å². The number of benzene rings is 1. The predicted molar refractivity (Wildman–Crippen MR) is 93.5 cm³/mol. The number of nitrogens with zero attached hydrogens (tertiary/aromatic N) is 3. The number of anilines is 1. The number of rotatable bonds is 3. The van der Waals surface area contributed by atoms with Gasteiger partial charge in [-0.1, -0.05) is 6.07 Å². The molecular formula is C14H20IN5. The minimum absolute atomic E-state index is 0. The van der Waals surface area contributed by atoms with Crippen molar-refractivity contribution in [3.63, 3.8) is 0 Å². The largest absolute Gasteiger partial charge is 0.370 e. The van der Waals surface area contributed by atoms with Crippen molar-refractivity contribution < 1.29 is 0 Å². The Kier molecular flexibility index (Phi) is 6.00. The van der Waals surface area contributed by atoms with E-state index in [-0.39, 0.29) is 24.0 Å². The zero-order chi connectivity index (χ0) is 13.8. The number of halogens is 1. The van der Waals surface area contributed by atoms with E-state index in [1.54, 1.807) is 10.9 Å². The summed E-state index contributed by atoms with van der Waals surface area (Å²) in [5, 5.41) is 7.19. The van der Waals surface area contributed by atoms with Gasteiger partial charge in [-0.25, -0.2) is 4.99 Å². The summed E-state index contributed by atoms with van der Waals surface area (Å²) < 4.78 is 1.75. The molecule has 0 aliphatic carbocycles. The minimum atomic E-state index is 0. The molecule has 3 N–H and O–H groups in total. The lowest BCUT2D eigenvalue weighted by Gasteiger charge is -2.07. The second-order valence-corrected chi connectivity index (χ2v) is 4.73. The third-order valence-corrected chi connectivity index (χ3v) is 2.68. The molecule has 1 aromatic heterocycles. The zero-order valence-electron chi connectivity index (χ0n) is 11.9. The fourth-order valence-corrected chi connectivity index (χ4v) is 1.96. The number of nitrogens with two attached hydrogens (primary N) is 1. The Morgan fingerprint density at radius 2 is 1.95 bits per heavy atom. The van der Waals surface area contributed by atoms with Gasteiger partial charge in [-0.2, -0.15) is 5.10 Å². The number of hydrogen-bond acceptors (Lipinski definition) is 2. The van der Waals surface area contributed by atoms with Gasteiger partial charge in [0, 0.05) is 24.5 Å². The molecule has 0 amide bonds. The molecule has 20 heavy (non-hydrogen) atoms. The molecule has 0 aliphatic rings. The lowest BCUT2D eigenvalue weighted by Crippen LogP contribution is -2.22. The average molecular weight is 385 g/mol. The molecule has 0 spiro atoms. The lowest BCUT2D eigenvalue weighted by atomic mass is 10.1. The molecule has 0 saturated carbocycles. The van der Waals surface area contributed by atoms with Crippen LogP contribution in [0.15, 0.2) is 35.6 Å². The van der Waals surface area contributed by atoms with Crippen LogP contribution in [0.2, 0.25) is 0 Å². The Balaban J connectivity index is 0.00000200. The van der Waals surface area contributed by atoms with Crippen LogP contribution in [-0.2, 0) is 13.6 Å². The SMILES string of the molecule is Cc1cc(C)cc(NC(N)=NCc2cnn(C)c2)c1.I. The van der Waals surface area contributed by atoms with Crippen molar-refractivity contribution in [3.05, 3.63) is 47.3 Å². The molecule has 1 aromatic carbocycles. The summed E-state index contributed by atoms with van der Waals surface area (Å²) in [7, 11) is 1.88. The van der Waals surface area contributed by atoms with Crippen molar-refractivity contribution >= 4 is 35.6 Å². The van der Waals surface area contributed by atoms with Gasteiger partial charge in [0.25, 0.3) is 0 Å². The molecule has 0 atom stereocenters. The highest BCUT2D eigenvalue weighted by molar-refractivity contribution is 14.0. The summed E-state index contributed by atoms with van der Waals surface area (Å²) in [6.07, 6.45) is 3.71. The van der Waals surface area contributed by atoms with Crippen molar-refractivity contribution in [2.75, 3.05) is 5.32 Å². The molecule has 2 aromatic rings. The Bertz CT molecular complexity index is 583. The first-order valence-electron chi connectivity index (χ1n) is 6.16. The third kappa shape index (κ3) is 4.84. The third-order valence-electron chi connectivity index (χ3n) is 2.68. The van der Waals surface area contributed by atoms with E-state index in [2.05, 4.69) is 35.3 Å². The van der Waals surface area contributed by atoms with Gasteiger partial charge < -0.3 is 11.1 Å². The van der Waals surface area contributed by atoms with Crippen LogP contribution in [-0.4, -0.2) is 15.7 Å². The van der Waals surface area contributed by atoms with Crippen LogP contribution in [0.4, 0.5) is 5.69 Å². The van der Waals surface area contributed by atoms with E-state index in [1.165, 1.54) is 11.1 Å². The molecule has 0 radical (unpaired) electrons. The number of nitrogens with one attached hydrogen (secondary N) is 1. The fraction of sp³-hybridized carbons (Fsp3) is 0.286. The highest BCUT2D eigenvalue weighted by Crippen LogP contribution is 2.13. The summed E-state index contributed by atoms with van der Waals surface area (Å²) in [5.41, 5.74) is 10.3. The van der Waals surface area contributed by atoms with Crippen LogP contribution in [0.5, 0.6) is 0 Å². The van der Waals surface area contributed by atoms with E-state index < -0.39 is 0 Å². The number of aromatic nitrogens is 2. The van der Waals surface area contributed by atoms with Gasteiger partial charge in [-0.05, 0) is 37.1 Å². The first-order valence-corrected chi connectivity index (χ1v) is 6.16. The van der Waals surface area contributed by atoms with Gasteiger partial charge in [-0.15, -0.1) is 24.0 Å². The molecule has 0 aliphatic heterocycles. The smallest absolute Gasteiger partial charge is 0.193 e. The highest BCUT2D eigenvalue weighted by Gasteiger charge is 1.99. The highest BCUT2D eigenvalue weighted by atomic mass is 127. The molecule has 0 fully saturated rings. The van der Waals surface area contributed by atoms with Gasteiger partial charge in [0.1, 0.15) is 0 Å². The maximum Gasteiger partial charge on any atom is 0.193 e. The first-order chi connectivity index (χ1) is 9.02. The van der Waals surface area contributed by atoms with Crippen LogP contribution in [0.25, 0.3) is 0 Å². The van der Waals surface area contributed by atoms with Crippen LogP contribution in [0.3, 0.4) is 0 Å². The van der Waals surface area contributed by atoms with E-state index in [0.29, 0.717) is 12.5 Å². The first kappa shape index (κ1) is 16.5. The summed E-state index contributed by atoms with van der Waals surface area (Å²) in [6, 6.07) is 6.20. The van der Waals surface area contributed by atoms with Gasteiger partial charge in [0.15, 0.2) is 5.96 Å². The number of aliphatic imine (C=N–C) groups is 1. The molecule has 5 nitrogen and oxygen atoms in total. The Morgan fingerprint density at radius 1 is 1.30 bits per heavy atom. The summed E-state index contributed by atoms with van der Waals surface area (Å²) in [4.78, 5) is 4.29. The quantitative estimate of drug-likeness (QED) is 0.485. The molecule has 1 heterocycles. The van der Waals surface area contributed by atoms with Gasteiger partial charge in [0.05, 0.1) is 12.7 Å². The fourth-order valence-electron chi connectivity index (χ4n) is 1.96. The number of guanidine groups is 1.